The largest absolute Gasteiger partial charge is 0.356 e. The van der Waals surface area contributed by atoms with Gasteiger partial charge in [0.2, 0.25) is 0 Å². The summed E-state index contributed by atoms with van der Waals surface area (Å²) in [5, 5.41) is 9.75. The first-order valence-electron chi connectivity index (χ1n) is 5.89. The van der Waals surface area contributed by atoms with Crippen LogP contribution in [0, 0.1) is 18.3 Å². The van der Waals surface area contributed by atoms with Crippen LogP contribution in [0.5, 0.6) is 0 Å². The van der Waals surface area contributed by atoms with Gasteiger partial charge in [-0.25, -0.2) is 4.98 Å². The van der Waals surface area contributed by atoms with Crippen LogP contribution in [-0.4, -0.2) is 29.6 Å². The zero-order chi connectivity index (χ0) is 12.3. The van der Waals surface area contributed by atoms with Crippen molar-refractivity contribution in [1.82, 2.24) is 4.98 Å². The van der Waals surface area contributed by atoms with Crippen LogP contribution >= 0.6 is 11.8 Å². The fourth-order valence-corrected chi connectivity index (χ4v) is 2.88. The van der Waals surface area contributed by atoms with Crippen molar-refractivity contribution in [2.75, 3.05) is 24.2 Å². The van der Waals surface area contributed by atoms with Crippen LogP contribution in [0.25, 0.3) is 0 Å². The van der Waals surface area contributed by atoms with Crippen molar-refractivity contribution < 1.29 is 0 Å². The summed E-state index contributed by atoms with van der Waals surface area (Å²) in [5.41, 5.74) is 1.63. The van der Waals surface area contributed by atoms with Gasteiger partial charge in [0.25, 0.3) is 0 Å². The number of pyridine rings is 1. The highest BCUT2D eigenvalue weighted by Gasteiger charge is 2.19. The molecule has 4 heteroatoms. The van der Waals surface area contributed by atoms with Gasteiger partial charge < -0.3 is 4.90 Å². The normalized spacial score (nSPS) is 16.9. The number of aromatic nitrogens is 1. The lowest BCUT2D eigenvalue weighted by atomic mass is 10.1. The number of nitrogens with zero attached hydrogens (tertiary/aromatic N) is 3. The van der Waals surface area contributed by atoms with E-state index in [9.17, 15) is 0 Å². The molecule has 0 radical (unpaired) electrons. The molecule has 0 atom stereocenters. The van der Waals surface area contributed by atoms with E-state index in [0.29, 0.717) is 5.56 Å². The van der Waals surface area contributed by atoms with Crippen LogP contribution in [0.15, 0.2) is 12.1 Å². The van der Waals surface area contributed by atoms with Crippen LogP contribution < -0.4 is 4.90 Å². The summed E-state index contributed by atoms with van der Waals surface area (Å²) in [5.74, 6) is 0.959. The smallest absolute Gasteiger partial charge is 0.130 e. The van der Waals surface area contributed by atoms with E-state index in [2.05, 4.69) is 22.2 Å². The molecular formula is C13H17N3S. The second kappa shape index (κ2) is 5.42. The Bertz CT molecular complexity index is 431. The van der Waals surface area contributed by atoms with E-state index in [1.807, 2.05) is 30.8 Å². The zero-order valence-corrected chi connectivity index (χ0v) is 11.1. The molecule has 0 saturated carbocycles. The first kappa shape index (κ1) is 12.3. The monoisotopic (exact) mass is 247 g/mol. The van der Waals surface area contributed by atoms with E-state index in [0.717, 1.165) is 29.9 Å². The Labute approximate surface area is 107 Å². The van der Waals surface area contributed by atoms with Gasteiger partial charge in [-0.15, -0.1) is 0 Å². The number of piperidine rings is 1. The van der Waals surface area contributed by atoms with Gasteiger partial charge in [-0.2, -0.15) is 17.0 Å². The van der Waals surface area contributed by atoms with Crippen molar-refractivity contribution in [2.45, 2.75) is 25.0 Å². The second-order valence-electron chi connectivity index (χ2n) is 4.39. The third-order valence-corrected chi connectivity index (χ3v) is 4.31. The third-order valence-electron chi connectivity index (χ3n) is 3.17. The Balaban J connectivity index is 2.13. The molecule has 1 aromatic rings. The Morgan fingerprint density at radius 1 is 1.41 bits per heavy atom. The Morgan fingerprint density at radius 2 is 2.12 bits per heavy atom. The van der Waals surface area contributed by atoms with Gasteiger partial charge >= 0.3 is 0 Å². The third kappa shape index (κ3) is 2.92. The van der Waals surface area contributed by atoms with E-state index in [-0.39, 0.29) is 0 Å². The summed E-state index contributed by atoms with van der Waals surface area (Å²) in [6.45, 7) is 4.04. The first-order chi connectivity index (χ1) is 8.22. The van der Waals surface area contributed by atoms with E-state index in [1.165, 1.54) is 12.8 Å². The molecule has 1 aliphatic rings. The van der Waals surface area contributed by atoms with Gasteiger partial charge in [0.15, 0.2) is 0 Å². The molecule has 0 N–H and O–H groups in total. The molecule has 0 aliphatic carbocycles. The highest BCUT2D eigenvalue weighted by atomic mass is 32.2. The summed E-state index contributed by atoms with van der Waals surface area (Å²) >= 11 is 1.95. The van der Waals surface area contributed by atoms with Crippen molar-refractivity contribution in [2.24, 2.45) is 0 Å². The van der Waals surface area contributed by atoms with Crippen molar-refractivity contribution in [1.29, 1.82) is 5.26 Å². The summed E-state index contributed by atoms with van der Waals surface area (Å²) in [4.78, 5) is 6.82. The fourth-order valence-electron chi connectivity index (χ4n) is 2.20. The second-order valence-corrected chi connectivity index (χ2v) is 5.53. The molecule has 17 heavy (non-hydrogen) atoms. The summed E-state index contributed by atoms with van der Waals surface area (Å²) < 4.78 is 0. The maximum Gasteiger partial charge on any atom is 0.130 e. The van der Waals surface area contributed by atoms with Crippen LogP contribution in [0.3, 0.4) is 0 Å². The number of thioether (sulfide) groups is 1. The molecular weight excluding hydrogens is 230 g/mol. The van der Waals surface area contributed by atoms with Crippen molar-refractivity contribution in [3.63, 3.8) is 0 Å². The highest BCUT2D eigenvalue weighted by molar-refractivity contribution is 7.99. The van der Waals surface area contributed by atoms with E-state index in [1.54, 1.807) is 0 Å². The van der Waals surface area contributed by atoms with Gasteiger partial charge in [0.05, 0.1) is 11.6 Å². The molecule has 90 valence electrons. The Hall–Kier alpha value is -1.21. The minimum atomic E-state index is 0.708. The number of hydrogen-bond acceptors (Lipinski definition) is 4. The molecule has 1 aromatic heterocycles. The standard InChI is InChI=1S/C13H17N3S/c1-10-7-11(9-14)8-13(15-10)16-5-3-12(17-2)4-6-16/h7-8,12H,3-6H2,1-2H3. The maximum absolute atomic E-state index is 8.97. The van der Waals surface area contributed by atoms with Gasteiger partial charge in [-0.3, -0.25) is 0 Å². The highest BCUT2D eigenvalue weighted by Crippen LogP contribution is 2.24. The molecule has 0 amide bonds. The maximum atomic E-state index is 8.97. The molecule has 1 fully saturated rings. The Kier molecular flexibility index (Phi) is 3.90. The number of aryl methyl sites for hydroxylation is 1. The van der Waals surface area contributed by atoms with Gasteiger partial charge in [-0.1, -0.05) is 0 Å². The predicted molar refractivity (Wildman–Crippen MR) is 72.4 cm³/mol. The predicted octanol–water partition coefficient (Wildman–Crippen LogP) is 2.59. The van der Waals surface area contributed by atoms with E-state index in [4.69, 9.17) is 5.26 Å². The molecule has 0 unspecified atom stereocenters. The number of nitriles is 1. The lowest BCUT2D eigenvalue weighted by Crippen LogP contribution is -2.35. The first-order valence-corrected chi connectivity index (χ1v) is 7.18. The average molecular weight is 247 g/mol. The van der Waals surface area contributed by atoms with Gasteiger partial charge in [-0.05, 0) is 38.2 Å². The molecule has 1 saturated heterocycles. The van der Waals surface area contributed by atoms with E-state index < -0.39 is 0 Å². The van der Waals surface area contributed by atoms with Gasteiger partial charge in [0, 0.05) is 24.0 Å². The molecule has 0 spiro atoms. The SMILES string of the molecule is CSC1CCN(c2cc(C#N)cc(C)n2)CC1. The van der Waals surface area contributed by atoms with E-state index >= 15 is 0 Å². The van der Waals surface area contributed by atoms with Crippen molar-refractivity contribution in [3.05, 3.63) is 23.4 Å². The van der Waals surface area contributed by atoms with Gasteiger partial charge in [0.1, 0.15) is 5.82 Å². The van der Waals surface area contributed by atoms with Crippen LogP contribution in [-0.2, 0) is 0 Å². The lowest BCUT2D eigenvalue weighted by molar-refractivity contribution is 0.586. The van der Waals surface area contributed by atoms with Crippen molar-refractivity contribution >= 4 is 17.6 Å². The average Bonchev–Trinajstić information content (AvgIpc) is 2.38. The topological polar surface area (TPSA) is 39.9 Å². The number of rotatable bonds is 2. The Morgan fingerprint density at radius 3 is 2.71 bits per heavy atom. The molecule has 3 nitrogen and oxygen atoms in total. The molecule has 0 aromatic carbocycles. The van der Waals surface area contributed by atoms with Crippen LogP contribution in [0.4, 0.5) is 5.82 Å². The number of hydrogen-bond donors (Lipinski definition) is 0. The number of anilines is 1. The molecule has 1 aliphatic heterocycles. The molecule has 2 heterocycles. The summed E-state index contributed by atoms with van der Waals surface area (Å²) in [7, 11) is 0. The summed E-state index contributed by atoms with van der Waals surface area (Å²) in [6.07, 6.45) is 4.59. The minimum absolute atomic E-state index is 0.708. The lowest BCUT2D eigenvalue weighted by Gasteiger charge is -2.32. The van der Waals surface area contributed by atoms with Crippen molar-refractivity contribution in [3.8, 4) is 6.07 Å². The van der Waals surface area contributed by atoms with Crippen LogP contribution in [0.2, 0.25) is 0 Å². The molecule has 2 rings (SSSR count). The fraction of sp³-hybridized carbons (Fsp3) is 0.538. The summed E-state index contributed by atoms with van der Waals surface area (Å²) in [6, 6.07) is 5.92. The molecule has 0 bridgehead atoms. The van der Waals surface area contributed by atoms with Crippen LogP contribution in [0.1, 0.15) is 24.1 Å². The quantitative estimate of drug-likeness (QED) is 0.805. The minimum Gasteiger partial charge on any atom is -0.356 e. The zero-order valence-electron chi connectivity index (χ0n) is 10.3.